The molecular formula is C16H24N2OS. The second-order valence-corrected chi connectivity index (χ2v) is 7.52. The number of amides is 1. The number of thiophene rings is 1. The van der Waals surface area contributed by atoms with Crippen molar-refractivity contribution in [1.29, 1.82) is 0 Å². The quantitative estimate of drug-likeness (QED) is 0.927. The third kappa shape index (κ3) is 2.29. The monoisotopic (exact) mass is 292 g/mol. The molecule has 0 aromatic carbocycles. The standard InChI is InChI=1S/C16H24N2OS/c1-4-12-6-7-13(11(12)3)18-15(19)9-17-16(18)14-8-5-10(2)20-14/h5,8,11-13,16-17H,4,6-7,9H2,1-3H3. The Bertz CT molecular complexity index is 498. The molecule has 4 unspecified atom stereocenters. The van der Waals surface area contributed by atoms with Crippen molar-refractivity contribution in [3.05, 3.63) is 21.9 Å². The molecule has 1 saturated carbocycles. The first-order chi connectivity index (χ1) is 9.61. The van der Waals surface area contributed by atoms with Crippen LogP contribution in [-0.2, 0) is 4.79 Å². The maximum Gasteiger partial charge on any atom is 0.238 e. The van der Waals surface area contributed by atoms with E-state index in [2.05, 4.69) is 43.1 Å². The number of carbonyl (C=O) groups excluding carboxylic acids is 1. The number of rotatable bonds is 3. The van der Waals surface area contributed by atoms with Gasteiger partial charge in [0.15, 0.2) is 0 Å². The molecule has 1 aliphatic heterocycles. The van der Waals surface area contributed by atoms with Gasteiger partial charge in [-0.3, -0.25) is 10.1 Å². The van der Waals surface area contributed by atoms with Gasteiger partial charge in [-0.25, -0.2) is 0 Å². The van der Waals surface area contributed by atoms with Crippen LogP contribution in [0.3, 0.4) is 0 Å². The molecule has 1 aliphatic carbocycles. The summed E-state index contributed by atoms with van der Waals surface area (Å²) in [6.45, 7) is 7.21. The van der Waals surface area contributed by atoms with Crippen molar-refractivity contribution in [2.24, 2.45) is 11.8 Å². The van der Waals surface area contributed by atoms with Gasteiger partial charge in [-0.05, 0) is 43.7 Å². The summed E-state index contributed by atoms with van der Waals surface area (Å²) < 4.78 is 0. The summed E-state index contributed by atoms with van der Waals surface area (Å²) in [6, 6.07) is 4.73. The first kappa shape index (κ1) is 14.1. The maximum absolute atomic E-state index is 12.4. The molecule has 1 N–H and O–H groups in total. The molecule has 0 bridgehead atoms. The maximum atomic E-state index is 12.4. The van der Waals surface area contributed by atoms with Crippen molar-refractivity contribution in [2.75, 3.05) is 6.54 Å². The highest BCUT2D eigenvalue weighted by atomic mass is 32.1. The first-order valence-electron chi connectivity index (χ1n) is 7.72. The van der Waals surface area contributed by atoms with Gasteiger partial charge in [0.1, 0.15) is 6.17 Å². The van der Waals surface area contributed by atoms with Crippen LogP contribution in [0.1, 0.15) is 49.0 Å². The average Bonchev–Trinajstić information content (AvgIpc) is 3.09. The predicted octanol–water partition coefficient (Wildman–Crippen LogP) is 3.31. The topological polar surface area (TPSA) is 32.3 Å². The zero-order valence-electron chi connectivity index (χ0n) is 12.6. The first-order valence-corrected chi connectivity index (χ1v) is 8.54. The molecule has 4 atom stereocenters. The van der Waals surface area contributed by atoms with E-state index in [1.165, 1.54) is 22.6 Å². The van der Waals surface area contributed by atoms with E-state index in [1.54, 1.807) is 11.3 Å². The average molecular weight is 292 g/mol. The van der Waals surface area contributed by atoms with Gasteiger partial charge in [-0.2, -0.15) is 0 Å². The zero-order chi connectivity index (χ0) is 14.3. The van der Waals surface area contributed by atoms with Crippen LogP contribution in [-0.4, -0.2) is 23.4 Å². The van der Waals surface area contributed by atoms with Crippen LogP contribution >= 0.6 is 11.3 Å². The summed E-state index contributed by atoms with van der Waals surface area (Å²) in [5.41, 5.74) is 0. The highest BCUT2D eigenvalue weighted by molar-refractivity contribution is 7.12. The summed E-state index contributed by atoms with van der Waals surface area (Å²) in [5, 5.41) is 3.40. The highest BCUT2D eigenvalue weighted by Crippen LogP contribution is 2.41. The summed E-state index contributed by atoms with van der Waals surface area (Å²) in [7, 11) is 0. The van der Waals surface area contributed by atoms with Gasteiger partial charge in [0.05, 0.1) is 6.54 Å². The molecule has 3 rings (SSSR count). The van der Waals surface area contributed by atoms with Crippen molar-refractivity contribution in [1.82, 2.24) is 10.2 Å². The van der Waals surface area contributed by atoms with E-state index in [-0.39, 0.29) is 12.1 Å². The van der Waals surface area contributed by atoms with Gasteiger partial charge in [0, 0.05) is 15.8 Å². The minimum Gasteiger partial charge on any atom is -0.318 e. The van der Waals surface area contributed by atoms with E-state index in [1.807, 2.05) is 0 Å². The van der Waals surface area contributed by atoms with Gasteiger partial charge >= 0.3 is 0 Å². The zero-order valence-corrected chi connectivity index (χ0v) is 13.4. The third-order valence-corrected chi connectivity index (χ3v) is 6.16. The Labute approximate surface area is 125 Å². The number of nitrogens with zero attached hydrogens (tertiary/aromatic N) is 1. The Morgan fingerprint density at radius 2 is 2.20 bits per heavy atom. The lowest BCUT2D eigenvalue weighted by Gasteiger charge is -2.33. The van der Waals surface area contributed by atoms with E-state index in [0.29, 0.717) is 18.5 Å². The van der Waals surface area contributed by atoms with E-state index < -0.39 is 0 Å². The van der Waals surface area contributed by atoms with Crippen LogP contribution < -0.4 is 5.32 Å². The minimum atomic E-state index is 0.101. The Morgan fingerprint density at radius 1 is 1.40 bits per heavy atom. The van der Waals surface area contributed by atoms with Crippen molar-refractivity contribution < 1.29 is 4.79 Å². The van der Waals surface area contributed by atoms with Crippen molar-refractivity contribution in [2.45, 2.75) is 52.2 Å². The second kappa shape index (κ2) is 5.49. The minimum absolute atomic E-state index is 0.101. The molecule has 0 spiro atoms. The number of hydrogen-bond donors (Lipinski definition) is 1. The van der Waals surface area contributed by atoms with Crippen LogP contribution in [0.5, 0.6) is 0 Å². The molecule has 20 heavy (non-hydrogen) atoms. The van der Waals surface area contributed by atoms with Crippen molar-refractivity contribution in [3.63, 3.8) is 0 Å². The van der Waals surface area contributed by atoms with E-state index in [4.69, 9.17) is 0 Å². The largest absolute Gasteiger partial charge is 0.318 e. The van der Waals surface area contributed by atoms with Gasteiger partial charge < -0.3 is 4.90 Å². The molecule has 1 aromatic rings. The summed E-state index contributed by atoms with van der Waals surface area (Å²) in [6.07, 6.45) is 3.76. The highest BCUT2D eigenvalue weighted by Gasteiger charge is 2.43. The number of carbonyl (C=O) groups is 1. The van der Waals surface area contributed by atoms with Crippen LogP contribution in [0.4, 0.5) is 0 Å². The van der Waals surface area contributed by atoms with E-state index >= 15 is 0 Å². The molecule has 2 fully saturated rings. The van der Waals surface area contributed by atoms with Crippen LogP contribution in [0.25, 0.3) is 0 Å². The third-order valence-electron chi connectivity index (χ3n) is 5.11. The van der Waals surface area contributed by atoms with Gasteiger partial charge in [-0.15, -0.1) is 11.3 Å². The Kier molecular flexibility index (Phi) is 3.87. The Hall–Kier alpha value is -0.870. The molecule has 1 amide bonds. The molecule has 3 nitrogen and oxygen atoms in total. The molecule has 2 aliphatic rings. The summed E-state index contributed by atoms with van der Waals surface area (Å²) >= 11 is 1.80. The second-order valence-electron chi connectivity index (χ2n) is 6.21. The lowest BCUT2D eigenvalue weighted by atomic mass is 9.93. The van der Waals surface area contributed by atoms with E-state index in [9.17, 15) is 4.79 Å². The van der Waals surface area contributed by atoms with Gasteiger partial charge in [0.2, 0.25) is 5.91 Å². The van der Waals surface area contributed by atoms with Crippen LogP contribution in [0.15, 0.2) is 12.1 Å². The summed E-state index contributed by atoms with van der Waals surface area (Å²) in [4.78, 5) is 17.1. The number of aryl methyl sites for hydroxylation is 1. The molecule has 1 aromatic heterocycles. The number of nitrogens with one attached hydrogen (secondary N) is 1. The number of hydrogen-bond acceptors (Lipinski definition) is 3. The smallest absolute Gasteiger partial charge is 0.238 e. The molecule has 4 heteroatoms. The fraction of sp³-hybridized carbons (Fsp3) is 0.688. The van der Waals surface area contributed by atoms with Crippen molar-refractivity contribution >= 4 is 17.2 Å². The van der Waals surface area contributed by atoms with Gasteiger partial charge in [-0.1, -0.05) is 20.3 Å². The normalized spacial score (nSPS) is 34.1. The lowest BCUT2D eigenvalue weighted by Crippen LogP contribution is -2.41. The molecule has 2 heterocycles. The fourth-order valence-corrected chi connectivity index (χ4v) is 4.88. The SMILES string of the molecule is CCC1CCC(N2C(=O)CNC2c2ccc(C)s2)C1C. The lowest BCUT2D eigenvalue weighted by molar-refractivity contribution is -0.131. The molecule has 110 valence electrons. The fourth-order valence-electron chi connectivity index (χ4n) is 3.93. The molecule has 1 saturated heterocycles. The van der Waals surface area contributed by atoms with Crippen LogP contribution in [0, 0.1) is 18.8 Å². The predicted molar refractivity (Wildman–Crippen MR) is 82.6 cm³/mol. The van der Waals surface area contributed by atoms with E-state index in [0.717, 1.165) is 12.3 Å². The summed E-state index contributed by atoms with van der Waals surface area (Å²) in [5.74, 6) is 1.67. The Balaban J connectivity index is 1.84. The van der Waals surface area contributed by atoms with Crippen LogP contribution in [0.2, 0.25) is 0 Å². The Morgan fingerprint density at radius 3 is 2.80 bits per heavy atom. The van der Waals surface area contributed by atoms with Gasteiger partial charge in [0.25, 0.3) is 0 Å². The molecular weight excluding hydrogens is 268 g/mol. The van der Waals surface area contributed by atoms with Crippen molar-refractivity contribution in [3.8, 4) is 0 Å². The molecule has 0 radical (unpaired) electrons.